The van der Waals surface area contributed by atoms with E-state index in [1.165, 1.54) is 0 Å². The zero-order chi connectivity index (χ0) is 13.1. The van der Waals surface area contributed by atoms with Crippen molar-refractivity contribution in [3.63, 3.8) is 0 Å². The Balaban J connectivity index is 2.35. The van der Waals surface area contributed by atoms with Crippen LogP contribution in [0, 0.1) is 12.3 Å². The zero-order valence-electron chi connectivity index (χ0n) is 10.3. The van der Waals surface area contributed by atoms with Crippen LogP contribution in [0.15, 0.2) is 36.5 Å². The van der Waals surface area contributed by atoms with Crippen molar-refractivity contribution in [1.82, 2.24) is 4.98 Å². The number of pyridine rings is 1. The number of benzene rings is 1. The molecule has 18 heavy (non-hydrogen) atoms. The van der Waals surface area contributed by atoms with Crippen LogP contribution in [-0.2, 0) is 0 Å². The first-order chi connectivity index (χ1) is 8.58. The van der Waals surface area contributed by atoms with Crippen LogP contribution in [0.1, 0.15) is 19.4 Å². The summed E-state index contributed by atoms with van der Waals surface area (Å²) in [6, 6.07) is 9.44. The fourth-order valence-electron chi connectivity index (χ4n) is 1.78. The van der Waals surface area contributed by atoms with Crippen molar-refractivity contribution in [2.24, 2.45) is 5.92 Å². The van der Waals surface area contributed by atoms with E-state index in [-0.39, 0.29) is 0 Å². The number of halogens is 2. The molecule has 0 amide bonds. The predicted molar refractivity (Wildman–Crippen MR) is 77.9 cm³/mol. The first-order valence-corrected chi connectivity index (χ1v) is 6.59. The van der Waals surface area contributed by atoms with E-state index in [0.717, 1.165) is 16.8 Å². The molecule has 0 aliphatic rings. The minimum absolute atomic E-state index is 0.501. The molecule has 0 atom stereocenters. The van der Waals surface area contributed by atoms with Crippen molar-refractivity contribution in [3.05, 3.63) is 58.6 Å². The van der Waals surface area contributed by atoms with Crippen LogP contribution in [0.5, 0.6) is 0 Å². The van der Waals surface area contributed by atoms with E-state index in [4.69, 9.17) is 23.2 Å². The molecule has 1 heterocycles. The van der Waals surface area contributed by atoms with E-state index < -0.39 is 0 Å². The third-order valence-electron chi connectivity index (χ3n) is 2.53. The van der Waals surface area contributed by atoms with Crippen molar-refractivity contribution in [2.45, 2.75) is 13.8 Å². The molecular formula is C15H14Cl2N. The van der Waals surface area contributed by atoms with Crippen molar-refractivity contribution in [1.29, 1.82) is 0 Å². The highest BCUT2D eigenvalue weighted by Gasteiger charge is 2.09. The molecular weight excluding hydrogens is 265 g/mol. The predicted octanol–water partition coefficient (Wildman–Crippen LogP) is 5.26. The molecule has 0 N–H and O–H groups in total. The Bertz CT molecular complexity index is 512. The summed E-state index contributed by atoms with van der Waals surface area (Å²) in [6.07, 6.45) is 4.00. The highest BCUT2D eigenvalue weighted by Crippen LogP contribution is 2.33. The first-order valence-electron chi connectivity index (χ1n) is 5.83. The van der Waals surface area contributed by atoms with E-state index in [1.54, 1.807) is 0 Å². The van der Waals surface area contributed by atoms with E-state index >= 15 is 0 Å². The van der Waals surface area contributed by atoms with Crippen LogP contribution in [-0.4, -0.2) is 4.98 Å². The average molecular weight is 279 g/mol. The lowest BCUT2D eigenvalue weighted by molar-refractivity contribution is 0.775. The van der Waals surface area contributed by atoms with Gasteiger partial charge in [0.05, 0.1) is 15.7 Å². The summed E-state index contributed by atoms with van der Waals surface area (Å²) in [5, 5.41) is 1.24. The number of nitrogens with zero attached hydrogens (tertiary/aromatic N) is 1. The van der Waals surface area contributed by atoms with Gasteiger partial charge in [0, 0.05) is 11.8 Å². The second-order valence-corrected chi connectivity index (χ2v) is 5.30. The fourth-order valence-corrected chi connectivity index (χ4v) is 2.37. The Morgan fingerprint density at radius 2 is 1.72 bits per heavy atom. The third-order valence-corrected chi connectivity index (χ3v) is 3.16. The largest absolute Gasteiger partial charge is 0.256 e. The van der Waals surface area contributed by atoms with E-state index in [2.05, 4.69) is 25.3 Å². The topological polar surface area (TPSA) is 12.9 Å². The molecule has 1 aromatic carbocycles. The van der Waals surface area contributed by atoms with Crippen LogP contribution in [0.25, 0.3) is 11.3 Å². The van der Waals surface area contributed by atoms with Crippen molar-refractivity contribution in [3.8, 4) is 11.3 Å². The minimum atomic E-state index is 0.501. The van der Waals surface area contributed by atoms with E-state index in [0.29, 0.717) is 16.0 Å². The Labute approximate surface area is 118 Å². The molecule has 0 spiro atoms. The molecule has 0 fully saturated rings. The maximum absolute atomic E-state index is 6.16. The number of aromatic nitrogens is 1. The highest BCUT2D eigenvalue weighted by molar-refractivity contribution is 6.39. The summed E-state index contributed by atoms with van der Waals surface area (Å²) >= 11 is 12.3. The molecule has 2 aromatic rings. The Kier molecular flexibility index (Phi) is 4.26. The van der Waals surface area contributed by atoms with Gasteiger partial charge in [-0.2, -0.15) is 0 Å². The van der Waals surface area contributed by atoms with Gasteiger partial charge >= 0.3 is 0 Å². The lowest BCUT2D eigenvalue weighted by atomic mass is 10.0. The molecule has 0 saturated carbocycles. The molecule has 0 aliphatic carbocycles. The quantitative estimate of drug-likeness (QED) is 0.746. The van der Waals surface area contributed by atoms with E-state index in [1.807, 2.05) is 36.5 Å². The molecule has 0 aliphatic heterocycles. The van der Waals surface area contributed by atoms with Gasteiger partial charge in [-0.25, -0.2) is 0 Å². The monoisotopic (exact) mass is 278 g/mol. The SMILES string of the molecule is CC(C)[CH]c1ccc(-c2c(Cl)cccc2Cl)nc1. The molecule has 3 heteroatoms. The summed E-state index contributed by atoms with van der Waals surface area (Å²) in [6.45, 7) is 4.28. The van der Waals surface area contributed by atoms with Crippen LogP contribution in [0.2, 0.25) is 10.0 Å². The third kappa shape index (κ3) is 3.04. The first kappa shape index (κ1) is 13.4. The van der Waals surface area contributed by atoms with Crippen molar-refractivity contribution in [2.75, 3.05) is 0 Å². The van der Waals surface area contributed by atoms with Crippen molar-refractivity contribution < 1.29 is 0 Å². The second-order valence-electron chi connectivity index (χ2n) is 4.48. The lowest BCUT2D eigenvalue weighted by Gasteiger charge is -2.08. The Hall–Kier alpha value is -1.05. The molecule has 0 saturated heterocycles. The van der Waals surface area contributed by atoms with Gasteiger partial charge in [0.15, 0.2) is 0 Å². The lowest BCUT2D eigenvalue weighted by Crippen LogP contribution is -1.93. The van der Waals surface area contributed by atoms with Gasteiger partial charge in [-0.1, -0.05) is 49.2 Å². The molecule has 1 aromatic heterocycles. The minimum Gasteiger partial charge on any atom is -0.256 e. The van der Waals surface area contributed by atoms with Gasteiger partial charge in [0.2, 0.25) is 0 Å². The molecule has 1 nitrogen and oxygen atoms in total. The standard InChI is InChI=1S/C15H14Cl2N/c1-10(2)8-11-6-7-14(18-9-11)15-12(16)4-3-5-13(15)17/h3-10H,1-2H3. The highest BCUT2D eigenvalue weighted by atomic mass is 35.5. The fraction of sp³-hybridized carbons (Fsp3) is 0.200. The maximum Gasteiger partial charge on any atom is 0.0732 e. The smallest absolute Gasteiger partial charge is 0.0732 e. The van der Waals surface area contributed by atoms with Crippen LogP contribution in [0.3, 0.4) is 0 Å². The van der Waals surface area contributed by atoms with Gasteiger partial charge in [-0.15, -0.1) is 0 Å². The number of hydrogen-bond acceptors (Lipinski definition) is 1. The van der Waals surface area contributed by atoms with Gasteiger partial charge in [0.1, 0.15) is 0 Å². The summed E-state index contributed by atoms with van der Waals surface area (Å²) < 4.78 is 0. The summed E-state index contributed by atoms with van der Waals surface area (Å²) in [5.74, 6) is 0.501. The number of rotatable bonds is 3. The van der Waals surface area contributed by atoms with Gasteiger partial charge in [-0.3, -0.25) is 4.98 Å². The van der Waals surface area contributed by atoms with Gasteiger partial charge in [0.25, 0.3) is 0 Å². The average Bonchev–Trinajstić information content (AvgIpc) is 2.30. The molecule has 93 valence electrons. The molecule has 1 radical (unpaired) electrons. The van der Waals surface area contributed by atoms with Gasteiger partial charge in [-0.05, 0) is 36.1 Å². The maximum atomic E-state index is 6.16. The zero-order valence-corrected chi connectivity index (χ0v) is 11.8. The number of hydrogen-bond donors (Lipinski definition) is 0. The van der Waals surface area contributed by atoms with Gasteiger partial charge < -0.3 is 0 Å². The normalized spacial score (nSPS) is 10.9. The van der Waals surface area contributed by atoms with Crippen LogP contribution in [0.4, 0.5) is 0 Å². The Morgan fingerprint density at radius 3 is 2.22 bits per heavy atom. The van der Waals surface area contributed by atoms with Crippen LogP contribution < -0.4 is 0 Å². The Morgan fingerprint density at radius 1 is 1.06 bits per heavy atom. The summed E-state index contributed by atoms with van der Waals surface area (Å²) in [4.78, 5) is 4.42. The molecule has 0 bridgehead atoms. The van der Waals surface area contributed by atoms with Crippen molar-refractivity contribution >= 4 is 23.2 Å². The molecule has 2 rings (SSSR count). The summed E-state index contributed by atoms with van der Waals surface area (Å²) in [5.41, 5.74) is 2.69. The molecule has 0 unspecified atom stereocenters. The summed E-state index contributed by atoms with van der Waals surface area (Å²) in [7, 11) is 0. The van der Waals surface area contributed by atoms with E-state index in [9.17, 15) is 0 Å². The van der Waals surface area contributed by atoms with Crippen LogP contribution >= 0.6 is 23.2 Å². The second kappa shape index (κ2) is 5.73.